The highest BCUT2D eigenvalue weighted by Crippen LogP contribution is 2.43. The molecule has 1 aromatic carbocycles. The number of alkyl carbamates (subject to hydrolysis) is 1. The molecule has 1 amide bonds. The predicted molar refractivity (Wildman–Crippen MR) is 193 cm³/mol. The minimum atomic E-state index is -0.961. The summed E-state index contributed by atoms with van der Waals surface area (Å²) in [5, 5.41) is 3.38. The molecule has 3 aromatic rings. The molecule has 4 aliphatic heterocycles. The van der Waals surface area contributed by atoms with E-state index in [1.165, 1.54) is 19.8 Å². The lowest BCUT2D eigenvalue weighted by Crippen LogP contribution is -2.52. The van der Waals surface area contributed by atoms with Crippen LogP contribution in [0.3, 0.4) is 0 Å². The fourth-order valence-electron chi connectivity index (χ4n) is 8.21. The van der Waals surface area contributed by atoms with E-state index in [1.807, 2.05) is 58.6 Å². The summed E-state index contributed by atoms with van der Waals surface area (Å²) in [5.41, 5.74) is 1.18. The fraction of sp³-hybridized carbons (Fsp3) is 0.590. The van der Waals surface area contributed by atoms with Crippen LogP contribution in [0.5, 0.6) is 0 Å². The van der Waals surface area contributed by atoms with Gasteiger partial charge < -0.3 is 19.7 Å². The molecular formula is C39H52F2N6O3. The second kappa shape index (κ2) is 14.1. The summed E-state index contributed by atoms with van der Waals surface area (Å²) >= 11 is 0. The van der Waals surface area contributed by atoms with Crippen LogP contribution in [-0.2, 0) is 15.9 Å². The maximum atomic E-state index is 17.0. The monoisotopic (exact) mass is 690 g/mol. The largest absolute Gasteiger partial charge is 0.444 e. The molecule has 1 atom stereocenters. The van der Waals surface area contributed by atoms with Crippen LogP contribution in [0.1, 0.15) is 97.0 Å². The SMILES string of the molecule is CCN1CC(C)(CNC(=O)OC(C)(C)C)OCC/C(=C(/C)F)c2c(C)cccc2-c2ncc3c1nc(CCC14CCCN1CCC4)nc3c2F. The first kappa shape index (κ1) is 36.1. The molecule has 0 aliphatic carbocycles. The molecule has 1 unspecified atom stereocenters. The average molecular weight is 691 g/mol. The quantitative estimate of drug-likeness (QED) is 0.279. The number of pyridine rings is 1. The summed E-state index contributed by atoms with van der Waals surface area (Å²) in [6.45, 7) is 16.0. The summed E-state index contributed by atoms with van der Waals surface area (Å²) in [6.07, 6.45) is 7.56. The van der Waals surface area contributed by atoms with Gasteiger partial charge in [0.05, 0.1) is 18.5 Å². The van der Waals surface area contributed by atoms with Crippen molar-refractivity contribution in [2.24, 2.45) is 0 Å². The van der Waals surface area contributed by atoms with Gasteiger partial charge in [-0.1, -0.05) is 18.2 Å². The third kappa shape index (κ3) is 7.35. The molecule has 9 nitrogen and oxygen atoms in total. The number of anilines is 1. The van der Waals surface area contributed by atoms with E-state index in [0.717, 1.165) is 37.9 Å². The van der Waals surface area contributed by atoms with Gasteiger partial charge in [-0.2, -0.15) is 0 Å². The van der Waals surface area contributed by atoms with Crippen LogP contribution in [0.15, 0.2) is 30.2 Å². The van der Waals surface area contributed by atoms with Crippen LogP contribution in [0.4, 0.5) is 19.4 Å². The predicted octanol–water partition coefficient (Wildman–Crippen LogP) is 7.93. The number of fused-ring (bicyclic) bond motifs is 8. The van der Waals surface area contributed by atoms with Gasteiger partial charge in [-0.3, -0.25) is 9.88 Å². The van der Waals surface area contributed by atoms with Crippen molar-refractivity contribution in [3.05, 3.63) is 53.0 Å². The smallest absolute Gasteiger partial charge is 0.407 e. The Morgan fingerprint density at radius 1 is 1.16 bits per heavy atom. The Bertz CT molecular complexity index is 1780. The van der Waals surface area contributed by atoms with Crippen LogP contribution >= 0.6 is 0 Å². The van der Waals surface area contributed by atoms with Crippen molar-refractivity contribution < 1.29 is 23.0 Å². The standard InChI is InChI=1S/C39H52F2N6O3/c1-8-46-24-38(7,23-43-36(48)50-37(4,5)6)49-21-15-27(26(3)40)31-25(2)12-9-13-28(31)33-32(41)34-29(22-42-33)35(46)45-30(44-34)14-18-39-16-10-19-47(39)20-11-17-39/h9,12-13,22H,8,10-11,14-21,23-24H2,1-7H3,(H,43,48)/b27-26+. The zero-order chi connectivity index (χ0) is 35.8. The number of ether oxygens (including phenoxy) is 2. The number of nitrogens with zero attached hydrogens (tertiary/aromatic N) is 5. The summed E-state index contributed by atoms with van der Waals surface area (Å²) in [4.78, 5) is 32.2. The lowest BCUT2D eigenvalue weighted by Gasteiger charge is -2.37. The van der Waals surface area contributed by atoms with Crippen LogP contribution < -0.4 is 10.2 Å². The van der Waals surface area contributed by atoms with E-state index in [0.29, 0.717) is 53.2 Å². The summed E-state index contributed by atoms with van der Waals surface area (Å²) in [6, 6.07) is 5.53. The van der Waals surface area contributed by atoms with Crippen molar-refractivity contribution in [3.63, 3.8) is 0 Å². The Hall–Kier alpha value is -3.70. The summed E-state index contributed by atoms with van der Waals surface area (Å²) in [5.74, 6) is 0.239. The molecule has 2 aromatic heterocycles. The number of allylic oxidation sites excluding steroid dienone is 1. The van der Waals surface area contributed by atoms with Crippen molar-refractivity contribution >= 4 is 28.4 Å². The number of halogens is 2. The van der Waals surface area contributed by atoms with Crippen molar-refractivity contribution in [1.82, 2.24) is 25.2 Å². The third-order valence-electron chi connectivity index (χ3n) is 10.6. The van der Waals surface area contributed by atoms with Crippen molar-refractivity contribution in [1.29, 1.82) is 0 Å². The number of aryl methyl sites for hydroxylation is 2. The summed E-state index contributed by atoms with van der Waals surface area (Å²) < 4.78 is 44.7. The van der Waals surface area contributed by atoms with Gasteiger partial charge in [0.2, 0.25) is 0 Å². The van der Waals surface area contributed by atoms with Crippen molar-refractivity contribution in [3.8, 4) is 11.3 Å². The molecule has 4 aliphatic rings. The van der Waals surface area contributed by atoms with Crippen LogP contribution in [-0.4, -0.2) is 82.0 Å². The fourth-order valence-corrected chi connectivity index (χ4v) is 8.21. The molecule has 0 saturated carbocycles. The number of rotatable bonds is 6. The Morgan fingerprint density at radius 2 is 1.90 bits per heavy atom. The van der Waals surface area contributed by atoms with Gasteiger partial charge in [0, 0.05) is 36.8 Å². The van der Waals surface area contributed by atoms with E-state index in [-0.39, 0.29) is 42.1 Å². The number of hydrogen-bond donors (Lipinski definition) is 1. The second-order valence-corrected chi connectivity index (χ2v) is 15.5. The van der Waals surface area contributed by atoms with Gasteiger partial charge in [-0.25, -0.2) is 23.5 Å². The Morgan fingerprint density at radius 3 is 2.58 bits per heavy atom. The number of carbonyl (C=O) groups is 1. The zero-order valence-corrected chi connectivity index (χ0v) is 30.7. The third-order valence-corrected chi connectivity index (χ3v) is 10.6. The number of likely N-dealkylation sites (N-methyl/N-ethyl adjacent to an activating group) is 1. The van der Waals surface area contributed by atoms with E-state index in [1.54, 1.807) is 12.3 Å². The number of benzene rings is 1. The molecule has 7 rings (SSSR count). The zero-order valence-electron chi connectivity index (χ0n) is 30.7. The Balaban J connectivity index is 1.49. The highest BCUT2D eigenvalue weighted by atomic mass is 19.1. The molecule has 4 bridgehead atoms. The average Bonchev–Trinajstić information content (AvgIpc) is 3.64. The Labute approximate surface area is 294 Å². The van der Waals surface area contributed by atoms with Crippen molar-refractivity contribution in [2.45, 2.75) is 110 Å². The molecule has 0 radical (unpaired) electrons. The highest BCUT2D eigenvalue weighted by Gasteiger charge is 2.43. The van der Waals surface area contributed by atoms with Gasteiger partial charge in [-0.05, 0) is 117 Å². The Kier molecular flexibility index (Phi) is 10.2. The van der Waals surface area contributed by atoms with Crippen LogP contribution in [0, 0.1) is 12.7 Å². The minimum absolute atomic E-state index is 0.118. The molecule has 1 N–H and O–H groups in total. The molecule has 2 saturated heterocycles. The maximum absolute atomic E-state index is 17.0. The summed E-state index contributed by atoms with van der Waals surface area (Å²) in [7, 11) is 0. The van der Waals surface area contributed by atoms with E-state index in [2.05, 4.69) is 15.2 Å². The molecule has 2 fully saturated rings. The first-order valence-electron chi connectivity index (χ1n) is 18.1. The van der Waals surface area contributed by atoms with E-state index in [4.69, 9.17) is 19.4 Å². The first-order valence-corrected chi connectivity index (χ1v) is 18.1. The number of hydrogen-bond acceptors (Lipinski definition) is 8. The number of carbonyl (C=O) groups excluding carboxylic acids is 1. The van der Waals surface area contributed by atoms with Crippen LogP contribution in [0.2, 0.25) is 0 Å². The maximum Gasteiger partial charge on any atom is 0.407 e. The van der Waals surface area contributed by atoms with E-state index in [9.17, 15) is 4.79 Å². The molecular weight excluding hydrogens is 638 g/mol. The van der Waals surface area contributed by atoms with E-state index < -0.39 is 23.1 Å². The highest BCUT2D eigenvalue weighted by molar-refractivity contribution is 5.93. The van der Waals surface area contributed by atoms with Gasteiger partial charge in [-0.15, -0.1) is 0 Å². The number of amides is 1. The lowest BCUT2D eigenvalue weighted by atomic mass is 9.88. The first-order chi connectivity index (χ1) is 23.7. The minimum Gasteiger partial charge on any atom is -0.444 e. The molecule has 0 spiro atoms. The molecule has 50 heavy (non-hydrogen) atoms. The van der Waals surface area contributed by atoms with Crippen molar-refractivity contribution in [2.75, 3.05) is 44.2 Å². The number of aromatic nitrogens is 3. The lowest BCUT2D eigenvalue weighted by molar-refractivity contribution is -0.0245. The van der Waals surface area contributed by atoms with Gasteiger partial charge in [0.1, 0.15) is 39.9 Å². The molecule has 11 heteroatoms. The van der Waals surface area contributed by atoms with Crippen LogP contribution in [0.25, 0.3) is 27.7 Å². The van der Waals surface area contributed by atoms with Gasteiger partial charge in [0.15, 0.2) is 5.82 Å². The number of nitrogens with one attached hydrogen (secondary N) is 1. The van der Waals surface area contributed by atoms with Gasteiger partial charge >= 0.3 is 6.09 Å². The normalized spacial score (nSPS) is 22.1. The molecule has 6 heterocycles. The molecule has 270 valence electrons. The topological polar surface area (TPSA) is 92.7 Å². The second-order valence-electron chi connectivity index (χ2n) is 15.5. The van der Waals surface area contributed by atoms with E-state index >= 15 is 8.78 Å². The van der Waals surface area contributed by atoms with Gasteiger partial charge in [0.25, 0.3) is 0 Å².